The van der Waals surface area contributed by atoms with Gasteiger partial charge < -0.3 is 15.1 Å². The second kappa shape index (κ2) is 6.53. The van der Waals surface area contributed by atoms with E-state index < -0.39 is 23.4 Å². The summed E-state index contributed by atoms with van der Waals surface area (Å²) in [5.41, 5.74) is 0.939. The summed E-state index contributed by atoms with van der Waals surface area (Å²) in [6.45, 7) is 0.313. The Kier molecular flexibility index (Phi) is 4.28. The van der Waals surface area contributed by atoms with Gasteiger partial charge in [0.15, 0.2) is 5.58 Å². The molecule has 2 N–H and O–H groups in total. The van der Waals surface area contributed by atoms with Gasteiger partial charge in [-0.05, 0) is 24.3 Å². The lowest BCUT2D eigenvalue weighted by molar-refractivity contribution is 0.251. The van der Waals surface area contributed by atoms with Gasteiger partial charge in [0.25, 0.3) is 0 Å². The number of oxazole rings is 1. The summed E-state index contributed by atoms with van der Waals surface area (Å²) in [6, 6.07) is 9.09. The molecule has 0 atom stereocenters. The topological polar surface area (TPSA) is 76.3 Å². The van der Waals surface area contributed by atoms with Gasteiger partial charge in [0.05, 0.1) is 11.2 Å². The van der Waals surface area contributed by atoms with Crippen LogP contribution in [0, 0.1) is 11.6 Å². The Morgan fingerprint density at radius 2 is 1.96 bits per heavy atom. The molecule has 1 aromatic heterocycles. The van der Waals surface area contributed by atoms with E-state index in [-0.39, 0.29) is 18.8 Å². The number of anilines is 1. The highest BCUT2D eigenvalue weighted by Crippen LogP contribution is 2.14. The molecular formula is C16H13F2N3O3. The molecule has 0 aliphatic heterocycles. The van der Waals surface area contributed by atoms with Crippen LogP contribution in [0.2, 0.25) is 0 Å². The molecule has 8 heteroatoms. The molecule has 0 aliphatic rings. The number of halogens is 2. The minimum Gasteiger partial charge on any atom is -0.408 e. The summed E-state index contributed by atoms with van der Waals surface area (Å²) < 4.78 is 32.7. The van der Waals surface area contributed by atoms with Crippen LogP contribution < -0.4 is 16.4 Å². The standard InChI is InChI=1S/C16H13F2N3O3/c17-10-5-6-12(11(18)9-10)20-15(22)19-7-8-21-13-3-1-2-4-14(13)24-16(21)23/h1-6,9H,7-8H2,(H2,19,20,22). The lowest BCUT2D eigenvalue weighted by atomic mass is 10.3. The number of benzene rings is 2. The normalized spacial score (nSPS) is 10.8. The molecule has 0 spiro atoms. The fraction of sp³-hybridized carbons (Fsp3) is 0.125. The monoisotopic (exact) mass is 333 g/mol. The molecule has 24 heavy (non-hydrogen) atoms. The van der Waals surface area contributed by atoms with E-state index in [1.54, 1.807) is 24.3 Å². The van der Waals surface area contributed by atoms with E-state index in [0.717, 1.165) is 12.1 Å². The van der Waals surface area contributed by atoms with Gasteiger partial charge in [-0.3, -0.25) is 4.57 Å². The number of aromatic nitrogens is 1. The Balaban J connectivity index is 1.60. The summed E-state index contributed by atoms with van der Waals surface area (Å²) in [6.07, 6.45) is 0. The van der Waals surface area contributed by atoms with Gasteiger partial charge in [0.1, 0.15) is 11.6 Å². The van der Waals surface area contributed by atoms with Crippen molar-refractivity contribution in [1.29, 1.82) is 0 Å². The van der Waals surface area contributed by atoms with Crippen LogP contribution in [-0.2, 0) is 6.54 Å². The minimum atomic E-state index is -0.873. The van der Waals surface area contributed by atoms with E-state index in [4.69, 9.17) is 4.42 Å². The van der Waals surface area contributed by atoms with Gasteiger partial charge in [-0.1, -0.05) is 12.1 Å². The first-order valence-corrected chi connectivity index (χ1v) is 7.13. The van der Waals surface area contributed by atoms with Crippen molar-refractivity contribution in [1.82, 2.24) is 9.88 Å². The second-order valence-electron chi connectivity index (χ2n) is 4.99. The second-order valence-corrected chi connectivity index (χ2v) is 4.99. The van der Waals surface area contributed by atoms with Crippen molar-refractivity contribution in [3.05, 3.63) is 64.6 Å². The molecule has 0 fully saturated rings. The van der Waals surface area contributed by atoms with Gasteiger partial charge in [-0.25, -0.2) is 18.4 Å². The van der Waals surface area contributed by atoms with E-state index >= 15 is 0 Å². The van der Waals surface area contributed by atoms with Crippen LogP contribution in [0.4, 0.5) is 19.3 Å². The summed E-state index contributed by atoms with van der Waals surface area (Å²) in [5.74, 6) is -2.13. The van der Waals surface area contributed by atoms with E-state index in [0.29, 0.717) is 17.2 Å². The van der Waals surface area contributed by atoms with Crippen LogP contribution in [0.25, 0.3) is 11.1 Å². The van der Waals surface area contributed by atoms with Crippen molar-refractivity contribution in [2.24, 2.45) is 0 Å². The molecule has 0 aliphatic carbocycles. The quantitative estimate of drug-likeness (QED) is 0.771. The molecule has 0 radical (unpaired) electrons. The Hall–Kier alpha value is -3.16. The van der Waals surface area contributed by atoms with E-state index in [2.05, 4.69) is 10.6 Å². The summed E-state index contributed by atoms with van der Waals surface area (Å²) in [4.78, 5) is 23.5. The molecular weight excluding hydrogens is 320 g/mol. The Bertz CT molecular complexity index is 949. The number of rotatable bonds is 4. The molecule has 3 rings (SSSR count). The zero-order valence-electron chi connectivity index (χ0n) is 12.4. The number of urea groups is 1. The average Bonchev–Trinajstić information content (AvgIpc) is 2.86. The number of hydrogen-bond acceptors (Lipinski definition) is 3. The van der Waals surface area contributed by atoms with Gasteiger partial charge in [0.2, 0.25) is 0 Å². The molecule has 2 amide bonds. The number of fused-ring (bicyclic) bond motifs is 1. The molecule has 3 aromatic rings. The fourth-order valence-electron chi connectivity index (χ4n) is 2.26. The third-order valence-corrected chi connectivity index (χ3v) is 3.37. The number of carbonyl (C=O) groups excluding carboxylic acids is 1. The van der Waals surface area contributed by atoms with Crippen LogP contribution in [0.3, 0.4) is 0 Å². The van der Waals surface area contributed by atoms with Crippen molar-refractivity contribution in [3.63, 3.8) is 0 Å². The van der Waals surface area contributed by atoms with Crippen LogP contribution in [0.15, 0.2) is 51.7 Å². The van der Waals surface area contributed by atoms with Crippen molar-refractivity contribution in [2.45, 2.75) is 6.54 Å². The number of hydrogen-bond donors (Lipinski definition) is 2. The summed E-state index contributed by atoms with van der Waals surface area (Å²) >= 11 is 0. The third kappa shape index (κ3) is 3.27. The van der Waals surface area contributed by atoms with Crippen LogP contribution >= 0.6 is 0 Å². The Morgan fingerprint density at radius 3 is 2.75 bits per heavy atom. The van der Waals surface area contributed by atoms with Gasteiger partial charge in [-0.15, -0.1) is 0 Å². The SMILES string of the molecule is O=C(NCCn1c(=O)oc2ccccc21)Nc1ccc(F)cc1F. The van der Waals surface area contributed by atoms with E-state index in [1.807, 2.05) is 0 Å². The average molecular weight is 333 g/mol. The number of amides is 2. The number of carbonyl (C=O) groups is 1. The molecule has 0 unspecified atom stereocenters. The molecule has 1 heterocycles. The van der Waals surface area contributed by atoms with Crippen LogP contribution in [0.5, 0.6) is 0 Å². The highest BCUT2D eigenvalue weighted by atomic mass is 19.1. The van der Waals surface area contributed by atoms with Crippen molar-refractivity contribution in [3.8, 4) is 0 Å². The largest absolute Gasteiger partial charge is 0.420 e. The third-order valence-electron chi connectivity index (χ3n) is 3.37. The van der Waals surface area contributed by atoms with Crippen LogP contribution in [0.1, 0.15) is 0 Å². The first-order chi connectivity index (χ1) is 11.5. The Morgan fingerprint density at radius 1 is 1.17 bits per heavy atom. The van der Waals surface area contributed by atoms with Crippen molar-refractivity contribution < 1.29 is 18.0 Å². The highest BCUT2D eigenvalue weighted by Gasteiger charge is 2.10. The van der Waals surface area contributed by atoms with Crippen molar-refractivity contribution >= 4 is 22.8 Å². The zero-order chi connectivity index (χ0) is 17.1. The molecule has 0 saturated carbocycles. The first kappa shape index (κ1) is 15.7. The molecule has 124 valence electrons. The summed E-state index contributed by atoms with van der Waals surface area (Å²) in [5, 5.41) is 4.76. The maximum Gasteiger partial charge on any atom is 0.420 e. The van der Waals surface area contributed by atoms with Crippen molar-refractivity contribution in [2.75, 3.05) is 11.9 Å². The number of nitrogens with one attached hydrogen (secondary N) is 2. The molecule has 6 nitrogen and oxygen atoms in total. The first-order valence-electron chi connectivity index (χ1n) is 7.13. The predicted octanol–water partition coefficient (Wildman–Crippen LogP) is 2.69. The molecule has 2 aromatic carbocycles. The molecule has 0 bridgehead atoms. The predicted molar refractivity (Wildman–Crippen MR) is 83.9 cm³/mol. The number of para-hydroxylation sites is 2. The maximum absolute atomic E-state index is 13.4. The van der Waals surface area contributed by atoms with Gasteiger partial charge >= 0.3 is 11.8 Å². The molecule has 0 saturated heterocycles. The van der Waals surface area contributed by atoms with Crippen LogP contribution in [-0.4, -0.2) is 17.1 Å². The smallest absolute Gasteiger partial charge is 0.408 e. The Labute approximate surface area is 134 Å². The highest BCUT2D eigenvalue weighted by molar-refractivity contribution is 5.89. The lowest BCUT2D eigenvalue weighted by Gasteiger charge is -2.08. The maximum atomic E-state index is 13.4. The van der Waals surface area contributed by atoms with E-state index in [1.165, 1.54) is 4.57 Å². The fourth-order valence-corrected chi connectivity index (χ4v) is 2.26. The van der Waals surface area contributed by atoms with Gasteiger partial charge in [0, 0.05) is 19.2 Å². The lowest BCUT2D eigenvalue weighted by Crippen LogP contribution is -2.33. The number of nitrogens with zero attached hydrogens (tertiary/aromatic N) is 1. The zero-order valence-corrected chi connectivity index (χ0v) is 12.4. The summed E-state index contributed by atoms with van der Waals surface area (Å²) in [7, 11) is 0. The van der Waals surface area contributed by atoms with E-state index in [9.17, 15) is 18.4 Å². The minimum absolute atomic E-state index is 0.123. The van der Waals surface area contributed by atoms with Gasteiger partial charge in [-0.2, -0.15) is 0 Å².